The predicted molar refractivity (Wildman–Crippen MR) is 84.9 cm³/mol. The zero-order valence-electron chi connectivity index (χ0n) is 12.5. The summed E-state index contributed by atoms with van der Waals surface area (Å²) in [5.74, 6) is 0.607. The third kappa shape index (κ3) is 2.50. The first kappa shape index (κ1) is 14.1. The molecule has 0 bridgehead atoms. The standard InChI is InChI=1S/C16H17N5O/c1-3-22-16-18-9-12(10-19-16)14-11(2)15(17)21(20-14)13-7-5-4-6-8-13/h4-10H,3,17H2,1-2H3. The topological polar surface area (TPSA) is 78.9 Å². The number of hydrogen-bond donors (Lipinski definition) is 1. The molecule has 0 radical (unpaired) electrons. The SMILES string of the molecule is CCOc1ncc(-c2nn(-c3ccccc3)c(N)c2C)cn1. The van der Waals surface area contributed by atoms with Crippen LogP contribution in [0.2, 0.25) is 0 Å². The van der Waals surface area contributed by atoms with E-state index in [2.05, 4.69) is 15.1 Å². The van der Waals surface area contributed by atoms with E-state index < -0.39 is 0 Å². The first-order valence-corrected chi connectivity index (χ1v) is 7.06. The molecule has 0 fully saturated rings. The van der Waals surface area contributed by atoms with Gasteiger partial charge in [0.25, 0.3) is 0 Å². The van der Waals surface area contributed by atoms with E-state index in [0.29, 0.717) is 18.4 Å². The summed E-state index contributed by atoms with van der Waals surface area (Å²) in [7, 11) is 0. The largest absolute Gasteiger partial charge is 0.464 e. The lowest BCUT2D eigenvalue weighted by atomic mass is 10.1. The van der Waals surface area contributed by atoms with Crippen molar-refractivity contribution in [2.45, 2.75) is 13.8 Å². The summed E-state index contributed by atoms with van der Waals surface area (Å²) in [6.45, 7) is 4.37. The first-order chi connectivity index (χ1) is 10.7. The molecule has 0 saturated carbocycles. The normalized spacial score (nSPS) is 10.6. The Morgan fingerprint density at radius 3 is 2.45 bits per heavy atom. The Morgan fingerprint density at radius 1 is 1.14 bits per heavy atom. The van der Waals surface area contributed by atoms with Gasteiger partial charge < -0.3 is 10.5 Å². The molecule has 112 valence electrons. The summed E-state index contributed by atoms with van der Waals surface area (Å²) < 4.78 is 6.98. The highest BCUT2D eigenvalue weighted by Gasteiger charge is 2.15. The molecule has 0 aliphatic rings. The summed E-state index contributed by atoms with van der Waals surface area (Å²) >= 11 is 0. The lowest BCUT2D eigenvalue weighted by Crippen LogP contribution is -2.01. The van der Waals surface area contributed by atoms with Crippen LogP contribution >= 0.6 is 0 Å². The molecule has 3 aromatic rings. The van der Waals surface area contributed by atoms with Gasteiger partial charge in [-0.15, -0.1) is 0 Å². The molecule has 6 nitrogen and oxygen atoms in total. The fraction of sp³-hybridized carbons (Fsp3) is 0.188. The third-order valence-corrected chi connectivity index (χ3v) is 3.34. The highest BCUT2D eigenvalue weighted by atomic mass is 16.5. The van der Waals surface area contributed by atoms with Crippen LogP contribution in [0.4, 0.5) is 5.82 Å². The molecule has 3 rings (SSSR count). The van der Waals surface area contributed by atoms with Crippen LogP contribution in [0.15, 0.2) is 42.7 Å². The zero-order chi connectivity index (χ0) is 15.5. The van der Waals surface area contributed by atoms with Gasteiger partial charge in [0, 0.05) is 23.5 Å². The van der Waals surface area contributed by atoms with Crippen LogP contribution in [-0.4, -0.2) is 26.4 Å². The van der Waals surface area contributed by atoms with Crippen LogP contribution in [0.1, 0.15) is 12.5 Å². The lowest BCUT2D eigenvalue weighted by molar-refractivity contribution is 0.312. The summed E-state index contributed by atoms with van der Waals surface area (Å²) in [6, 6.07) is 10.1. The monoisotopic (exact) mass is 295 g/mol. The van der Waals surface area contributed by atoms with E-state index in [-0.39, 0.29) is 0 Å². The van der Waals surface area contributed by atoms with Crippen molar-refractivity contribution >= 4 is 5.82 Å². The second kappa shape index (κ2) is 5.85. The van der Waals surface area contributed by atoms with E-state index in [4.69, 9.17) is 10.5 Å². The Balaban J connectivity index is 2.01. The average molecular weight is 295 g/mol. The van der Waals surface area contributed by atoms with Gasteiger partial charge in [0.15, 0.2) is 0 Å². The molecule has 2 heterocycles. The van der Waals surface area contributed by atoms with Crippen molar-refractivity contribution in [3.63, 3.8) is 0 Å². The number of rotatable bonds is 4. The molecule has 0 saturated heterocycles. The Kier molecular flexibility index (Phi) is 3.74. The predicted octanol–water partition coefficient (Wildman–Crippen LogP) is 2.62. The van der Waals surface area contributed by atoms with Gasteiger partial charge in [-0.2, -0.15) is 5.10 Å². The maximum absolute atomic E-state index is 6.19. The minimum absolute atomic E-state index is 0.361. The molecule has 0 aliphatic heterocycles. The molecule has 22 heavy (non-hydrogen) atoms. The van der Waals surface area contributed by atoms with Gasteiger partial charge in [-0.1, -0.05) is 18.2 Å². The van der Waals surface area contributed by atoms with E-state index >= 15 is 0 Å². The molecule has 0 aliphatic carbocycles. The van der Waals surface area contributed by atoms with Crippen molar-refractivity contribution < 1.29 is 4.74 Å². The second-order valence-electron chi connectivity index (χ2n) is 4.79. The third-order valence-electron chi connectivity index (χ3n) is 3.34. The fourth-order valence-corrected chi connectivity index (χ4v) is 2.19. The number of para-hydroxylation sites is 1. The summed E-state index contributed by atoms with van der Waals surface area (Å²) in [5, 5.41) is 4.60. The molecule has 1 aromatic carbocycles. The molecule has 6 heteroatoms. The fourth-order valence-electron chi connectivity index (χ4n) is 2.19. The summed E-state index contributed by atoms with van der Waals surface area (Å²) in [5.41, 5.74) is 9.58. The number of anilines is 1. The Morgan fingerprint density at radius 2 is 1.82 bits per heavy atom. The highest BCUT2D eigenvalue weighted by molar-refractivity contribution is 5.68. The number of aromatic nitrogens is 4. The number of nitrogen functional groups attached to an aromatic ring is 1. The number of nitrogens with two attached hydrogens (primary N) is 1. The Labute approximate surface area is 128 Å². The quantitative estimate of drug-likeness (QED) is 0.800. The van der Waals surface area contributed by atoms with Crippen molar-refractivity contribution in [3.05, 3.63) is 48.3 Å². The van der Waals surface area contributed by atoms with Gasteiger partial charge in [0.2, 0.25) is 0 Å². The van der Waals surface area contributed by atoms with Crippen molar-refractivity contribution in [2.24, 2.45) is 0 Å². The molecule has 0 unspecified atom stereocenters. The van der Waals surface area contributed by atoms with Crippen LogP contribution in [0.3, 0.4) is 0 Å². The van der Waals surface area contributed by atoms with Gasteiger partial charge in [0.1, 0.15) is 11.5 Å². The van der Waals surface area contributed by atoms with Crippen molar-refractivity contribution in [1.29, 1.82) is 0 Å². The van der Waals surface area contributed by atoms with E-state index in [0.717, 1.165) is 22.5 Å². The van der Waals surface area contributed by atoms with Gasteiger partial charge in [-0.3, -0.25) is 0 Å². The molecule has 2 aromatic heterocycles. The minimum atomic E-state index is 0.361. The van der Waals surface area contributed by atoms with Gasteiger partial charge in [-0.25, -0.2) is 14.6 Å². The summed E-state index contributed by atoms with van der Waals surface area (Å²) in [6.07, 6.45) is 3.39. The molecular weight excluding hydrogens is 278 g/mol. The highest BCUT2D eigenvalue weighted by Crippen LogP contribution is 2.27. The minimum Gasteiger partial charge on any atom is -0.464 e. The van der Waals surface area contributed by atoms with Gasteiger partial charge in [0.05, 0.1) is 12.3 Å². The number of nitrogens with zero attached hydrogens (tertiary/aromatic N) is 4. The number of ether oxygens (including phenoxy) is 1. The Hall–Kier alpha value is -2.89. The van der Waals surface area contributed by atoms with E-state index in [1.165, 1.54) is 0 Å². The van der Waals surface area contributed by atoms with E-state index in [9.17, 15) is 0 Å². The zero-order valence-corrected chi connectivity index (χ0v) is 12.5. The van der Waals surface area contributed by atoms with Crippen LogP contribution < -0.4 is 10.5 Å². The first-order valence-electron chi connectivity index (χ1n) is 7.06. The number of benzene rings is 1. The van der Waals surface area contributed by atoms with Crippen molar-refractivity contribution in [3.8, 4) is 23.0 Å². The molecule has 0 spiro atoms. The summed E-state index contributed by atoms with van der Waals surface area (Å²) in [4.78, 5) is 8.35. The average Bonchev–Trinajstić information content (AvgIpc) is 2.85. The maximum Gasteiger partial charge on any atom is 0.316 e. The second-order valence-corrected chi connectivity index (χ2v) is 4.79. The van der Waals surface area contributed by atoms with Crippen LogP contribution in [0, 0.1) is 6.92 Å². The van der Waals surface area contributed by atoms with Gasteiger partial charge in [-0.05, 0) is 26.0 Å². The number of hydrogen-bond acceptors (Lipinski definition) is 5. The molecule has 0 amide bonds. The van der Waals surface area contributed by atoms with Crippen LogP contribution in [-0.2, 0) is 0 Å². The van der Waals surface area contributed by atoms with E-state index in [1.54, 1.807) is 17.1 Å². The Bertz CT molecular complexity index is 765. The lowest BCUT2D eigenvalue weighted by Gasteiger charge is -2.03. The maximum atomic E-state index is 6.19. The van der Waals surface area contributed by atoms with E-state index in [1.807, 2.05) is 44.2 Å². The van der Waals surface area contributed by atoms with Crippen molar-refractivity contribution in [2.75, 3.05) is 12.3 Å². The molecule has 2 N–H and O–H groups in total. The molecular formula is C16H17N5O. The van der Waals surface area contributed by atoms with Crippen molar-refractivity contribution in [1.82, 2.24) is 19.7 Å². The smallest absolute Gasteiger partial charge is 0.316 e. The van der Waals surface area contributed by atoms with Crippen LogP contribution in [0.5, 0.6) is 6.01 Å². The molecule has 0 atom stereocenters. The van der Waals surface area contributed by atoms with Gasteiger partial charge >= 0.3 is 6.01 Å². The van der Waals surface area contributed by atoms with Crippen LogP contribution in [0.25, 0.3) is 16.9 Å².